The molecule has 0 amide bonds. The maximum Gasteiger partial charge on any atom is 0.371 e. The lowest BCUT2D eigenvalue weighted by atomic mass is 10.1. The molecule has 1 heterocycles. The van der Waals surface area contributed by atoms with Gasteiger partial charge in [0.15, 0.2) is 5.78 Å². The SMILES string of the molecule is O=C(O)C(O)=CC(=O)C1CCCN1c1ccccc1. The van der Waals surface area contributed by atoms with Crippen LogP contribution in [0.1, 0.15) is 12.8 Å². The zero-order chi connectivity index (χ0) is 13.8. The number of carboxylic acids is 1. The smallest absolute Gasteiger partial charge is 0.371 e. The first-order valence-electron chi connectivity index (χ1n) is 6.09. The highest BCUT2D eigenvalue weighted by atomic mass is 16.4. The van der Waals surface area contributed by atoms with Crippen LogP contribution in [-0.4, -0.2) is 34.6 Å². The number of ketones is 1. The van der Waals surface area contributed by atoms with E-state index in [0.717, 1.165) is 24.7 Å². The minimum atomic E-state index is -1.49. The van der Waals surface area contributed by atoms with Gasteiger partial charge in [-0.3, -0.25) is 4.79 Å². The molecule has 19 heavy (non-hydrogen) atoms. The molecular formula is C14H15NO4. The van der Waals surface area contributed by atoms with Crippen LogP contribution < -0.4 is 4.90 Å². The predicted molar refractivity (Wildman–Crippen MR) is 70.2 cm³/mol. The molecule has 0 saturated carbocycles. The lowest BCUT2D eigenvalue weighted by molar-refractivity contribution is -0.136. The highest BCUT2D eigenvalue weighted by Crippen LogP contribution is 2.26. The number of aliphatic carboxylic acids is 1. The Balaban J connectivity index is 2.18. The van der Waals surface area contributed by atoms with Crippen LogP contribution in [-0.2, 0) is 9.59 Å². The number of aliphatic hydroxyl groups is 1. The normalized spacial score (nSPS) is 19.5. The van der Waals surface area contributed by atoms with E-state index >= 15 is 0 Å². The van der Waals surface area contributed by atoms with Crippen LogP contribution >= 0.6 is 0 Å². The molecule has 1 unspecified atom stereocenters. The summed E-state index contributed by atoms with van der Waals surface area (Å²) in [5, 5.41) is 17.7. The van der Waals surface area contributed by atoms with Crippen LogP contribution in [0.2, 0.25) is 0 Å². The fourth-order valence-corrected chi connectivity index (χ4v) is 2.28. The molecule has 0 spiro atoms. The third-order valence-electron chi connectivity index (χ3n) is 3.17. The van der Waals surface area contributed by atoms with Gasteiger partial charge in [0, 0.05) is 18.3 Å². The number of carbonyl (C=O) groups excluding carboxylic acids is 1. The molecule has 1 aromatic rings. The first-order chi connectivity index (χ1) is 9.09. The number of para-hydroxylation sites is 1. The van der Waals surface area contributed by atoms with Crippen molar-refractivity contribution in [1.82, 2.24) is 0 Å². The Kier molecular flexibility index (Phi) is 3.85. The monoisotopic (exact) mass is 261 g/mol. The van der Waals surface area contributed by atoms with E-state index in [4.69, 9.17) is 10.2 Å². The largest absolute Gasteiger partial charge is 0.502 e. The van der Waals surface area contributed by atoms with Crippen LogP contribution in [0, 0.1) is 0 Å². The third kappa shape index (κ3) is 2.93. The Morgan fingerprint density at radius 1 is 1.21 bits per heavy atom. The van der Waals surface area contributed by atoms with E-state index in [2.05, 4.69) is 0 Å². The van der Waals surface area contributed by atoms with Gasteiger partial charge in [0.2, 0.25) is 5.76 Å². The fraction of sp³-hybridized carbons (Fsp3) is 0.286. The number of hydrogen-bond acceptors (Lipinski definition) is 4. The fourth-order valence-electron chi connectivity index (χ4n) is 2.28. The van der Waals surface area contributed by atoms with Gasteiger partial charge in [0.05, 0.1) is 6.04 Å². The van der Waals surface area contributed by atoms with Crippen LogP contribution in [0.5, 0.6) is 0 Å². The van der Waals surface area contributed by atoms with Gasteiger partial charge in [0.25, 0.3) is 0 Å². The van der Waals surface area contributed by atoms with Gasteiger partial charge >= 0.3 is 5.97 Å². The molecule has 2 N–H and O–H groups in total. The number of aliphatic hydroxyl groups excluding tert-OH is 1. The first kappa shape index (κ1) is 13.1. The van der Waals surface area contributed by atoms with E-state index in [1.165, 1.54) is 0 Å². The summed E-state index contributed by atoms with van der Waals surface area (Å²) in [5.74, 6) is -2.77. The summed E-state index contributed by atoms with van der Waals surface area (Å²) in [6.45, 7) is 0.752. The third-order valence-corrected chi connectivity index (χ3v) is 3.17. The number of carboxylic acid groups (broad SMARTS) is 1. The van der Waals surface area contributed by atoms with Gasteiger partial charge < -0.3 is 15.1 Å². The van der Waals surface area contributed by atoms with Crippen molar-refractivity contribution >= 4 is 17.4 Å². The Morgan fingerprint density at radius 3 is 2.53 bits per heavy atom. The first-order valence-corrected chi connectivity index (χ1v) is 6.09. The molecule has 1 atom stereocenters. The summed E-state index contributed by atoms with van der Waals surface area (Å²) in [6, 6.07) is 9.09. The Labute approximate surface area is 110 Å². The Morgan fingerprint density at radius 2 is 1.89 bits per heavy atom. The van der Waals surface area contributed by atoms with E-state index in [0.29, 0.717) is 6.42 Å². The quantitative estimate of drug-likeness (QED) is 0.637. The van der Waals surface area contributed by atoms with E-state index in [9.17, 15) is 9.59 Å². The second-order valence-corrected chi connectivity index (χ2v) is 4.42. The van der Waals surface area contributed by atoms with E-state index in [-0.39, 0.29) is 5.78 Å². The maximum absolute atomic E-state index is 12.0. The molecule has 1 aliphatic heterocycles. The van der Waals surface area contributed by atoms with Crippen molar-refractivity contribution in [3.8, 4) is 0 Å². The predicted octanol–water partition coefficient (Wildman–Crippen LogP) is 1.75. The molecular weight excluding hydrogens is 246 g/mol. The number of carbonyl (C=O) groups is 2. The van der Waals surface area contributed by atoms with Gasteiger partial charge in [-0.1, -0.05) is 18.2 Å². The summed E-state index contributed by atoms with van der Waals surface area (Å²) in [4.78, 5) is 24.5. The van der Waals surface area contributed by atoms with Crippen molar-refractivity contribution < 1.29 is 19.8 Å². The van der Waals surface area contributed by atoms with Gasteiger partial charge in [-0.25, -0.2) is 4.79 Å². The molecule has 100 valence electrons. The number of benzene rings is 1. The molecule has 1 aromatic carbocycles. The zero-order valence-corrected chi connectivity index (χ0v) is 10.3. The summed E-state index contributed by atoms with van der Waals surface area (Å²) in [5.41, 5.74) is 0.932. The lowest BCUT2D eigenvalue weighted by Gasteiger charge is -2.24. The van der Waals surface area contributed by atoms with Gasteiger partial charge in [-0.15, -0.1) is 0 Å². The average molecular weight is 261 g/mol. The van der Waals surface area contributed by atoms with Crippen LogP contribution in [0.3, 0.4) is 0 Å². The molecule has 0 bridgehead atoms. The molecule has 1 fully saturated rings. The second kappa shape index (κ2) is 5.56. The van der Waals surface area contributed by atoms with Gasteiger partial charge in [-0.2, -0.15) is 0 Å². The maximum atomic E-state index is 12.0. The minimum Gasteiger partial charge on any atom is -0.502 e. The Bertz CT molecular complexity index is 509. The van der Waals surface area contributed by atoms with E-state index in [1.807, 2.05) is 35.2 Å². The lowest BCUT2D eigenvalue weighted by Crippen LogP contribution is -2.35. The van der Waals surface area contributed by atoms with Gasteiger partial charge in [0.1, 0.15) is 0 Å². The second-order valence-electron chi connectivity index (χ2n) is 4.42. The molecule has 1 aliphatic rings. The molecule has 5 nitrogen and oxygen atoms in total. The van der Waals surface area contributed by atoms with Crippen molar-refractivity contribution in [2.45, 2.75) is 18.9 Å². The van der Waals surface area contributed by atoms with Crippen molar-refractivity contribution in [3.63, 3.8) is 0 Å². The molecule has 0 aliphatic carbocycles. The highest BCUT2D eigenvalue weighted by molar-refractivity contribution is 6.01. The van der Waals surface area contributed by atoms with Crippen molar-refractivity contribution in [3.05, 3.63) is 42.2 Å². The van der Waals surface area contributed by atoms with Crippen LogP contribution in [0.15, 0.2) is 42.2 Å². The topological polar surface area (TPSA) is 77.8 Å². The van der Waals surface area contributed by atoms with Crippen molar-refractivity contribution in [2.75, 3.05) is 11.4 Å². The number of hydrogen-bond donors (Lipinski definition) is 2. The number of anilines is 1. The van der Waals surface area contributed by atoms with Gasteiger partial charge in [-0.05, 0) is 25.0 Å². The summed E-state index contributed by atoms with van der Waals surface area (Å²) < 4.78 is 0. The molecule has 5 heteroatoms. The summed E-state index contributed by atoms with van der Waals surface area (Å²) in [6.07, 6.45) is 2.33. The van der Waals surface area contributed by atoms with E-state index in [1.54, 1.807) is 0 Å². The number of rotatable bonds is 4. The van der Waals surface area contributed by atoms with Crippen LogP contribution in [0.25, 0.3) is 0 Å². The van der Waals surface area contributed by atoms with Crippen molar-refractivity contribution in [1.29, 1.82) is 0 Å². The molecule has 1 saturated heterocycles. The standard InChI is InChI=1S/C14H15NO4/c16-12(9-13(17)14(18)19)11-7-4-8-15(11)10-5-2-1-3-6-10/h1-3,5-6,9,11,17H,4,7-8H2,(H,18,19). The summed E-state index contributed by atoms with van der Waals surface area (Å²) in [7, 11) is 0. The molecule has 2 rings (SSSR count). The Hall–Kier alpha value is -2.30. The molecule has 0 aromatic heterocycles. The molecule has 0 radical (unpaired) electrons. The summed E-state index contributed by atoms with van der Waals surface area (Å²) >= 11 is 0. The average Bonchev–Trinajstić information content (AvgIpc) is 2.88. The minimum absolute atomic E-state index is 0.374. The van der Waals surface area contributed by atoms with E-state index < -0.39 is 17.8 Å². The number of nitrogens with zero attached hydrogens (tertiary/aromatic N) is 1. The zero-order valence-electron chi connectivity index (χ0n) is 10.3. The van der Waals surface area contributed by atoms with Crippen molar-refractivity contribution in [2.24, 2.45) is 0 Å². The van der Waals surface area contributed by atoms with Crippen LogP contribution in [0.4, 0.5) is 5.69 Å². The highest BCUT2D eigenvalue weighted by Gasteiger charge is 2.30.